The molecule has 2 amide bonds. The van der Waals surface area contributed by atoms with E-state index >= 15 is 0 Å². The molecule has 3 aromatic rings. The second kappa shape index (κ2) is 8.87. The summed E-state index contributed by atoms with van der Waals surface area (Å²) in [4.78, 5) is 36.4. The van der Waals surface area contributed by atoms with Gasteiger partial charge in [-0.25, -0.2) is 14.0 Å². The molecule has 7 nitrogen and oxygen atoms in total. The number of carbonyl (C=O) groups is 3. The lowest BCUT2D eigenvalue weighted by Crippen LogP contribution is -2.37. The number of alkyl carbamates (subject to hydrolysis) is 1. The highest BCUT2D eigenvalue weighted by atomic mass is 19.1. The Morgan fingerprint density at radius 3 is 2.17 bits per heavy atom. The number of ether oxygens (including phenoxy) is 1. The van der Waals surface area contributed by atoms with E-state index < -0.39 is 34.8 Å². The van der Waals surface area contributed by atoms with Gasteiger partial charge in [0.05, 0.1) is 16.7 Å². The Morgan fingerprint density at radius 2 is 1.57 bits per heavy atom. The zero-order valence-electron chi connectivity index (χ0n) is 18.7. The Balaban J connectivity index is 1.19. The van der Waals surface area contributed by atoms with Crippen LogP contribution in [-0.4, -0.2) is 36.2 Å². The first-order valence-corrected chi connectivity index (χ1v) is 11.3. The van der Waals surface area contributed by atoms with Crippen molar-refractivity contribution in [3.8, 4) is 11.1 Å². The summed E-state index contributed by atoms with van der Waals surface area (Å²) in [7, 11) is 0. The topological polar surface area (TPSA) is 105 Å². The van der Waals surface area contributed by atoms with E-state index in [9.17, 15) is 18.8 Å². The lowest BCUT2D eigenvalue weighted by Gasteiger charge is -2.18. The van der Waals surface area contributed by atoms with Crippen molar-refractivity contribution in [3.05, 3.63) is 89.2 Å². The number of carboxylic acid groups (broad SMARTS) is 1. The standard InChI is InChI=1S/C27H23FN2O5/c28-23-20(24(31)32)10-5-11-22(23)30-25(33)27(12-13-27)15-29-26(34)35-14-21-18-8-3-1-6-16(18)17-7-2-4-9-19(17)21/h1-11,21H,12-15H2,(H,29,34)(H,30,33)(H,31,32). The molecule has 1 fully saturated rings. The summed E-state index contributed by atoms with van der Waals surface area (Å²) < 4.78 is 19.9. The van der Waals surface area contributed by atoms with Gasteiger partial charge in [-0.2, -0.15) is 0 Å². The molecule has 0 radical (unpaired) electrons. The van der Waals surface area contributed by atoms with Crippen LogP contribution in [0.4, 0.5) is 14.9 Å². The molecular weight excluding hydrogens is 451 g/mol. The van der Waals surface area contributed by atoms with E-state index in [-0.39, 0.29) is 24.8 Å². The number of anilines is 1. The Bertz CT molecular complexity index is 1290. The highest BCUT2D eigenvalue weighted by Crippen LogP contribution is 2.46. The molecule has 0 atom stereocenters. The van der Waals surface area contributed by atoms with Crippen LogP contribution in [0.2, 0.25) is 0 Å². The number of aromatic carboxylic acids is 1. The molecule has 3 N–H and O–H groups in total. The summed E-state index contributed by atoms with van der Waals surface area (Å²) in [6, 6.07) is 19.8. The van der Waals surface area contributed by atoms with E-state index in [2.05, 4.69) is 22.8 Å². The fourth-order valence-electron chi connectivity index (χ4n) is 4.57. The largest absolute Gasteiger partial charge is 0.478 e. The van der Waals surface area contributed by atoms with E-state index in [4.69, 9.17) is 9.84 Å². The maximum Gasteiger partial charge on any atom is 0.407 e. The van der Waals surface area contributed by atoms with Crippen molar-refractivity contribution in [2.24, 2.45) is 5.41 Å². The molecule has 0 spiro atoms. The molecule has 8 heteroatoms. The van der Waals surface area contributed by atoms with E-state index in [1.165, 1.54) is 12.1 Å². The van der Waals surface area contributed by atoms with Gasteiger partial charge in [0.2, 0.25) is 5.91 Å². The number of carboxylic acids is 1. The Morgan fingerprint density at radius 1 is 0.943 bits per heavy atom. The molecule has 2 aliphatic rings. The van der Waals surface area contributed by atoms with Crippen LogP contribution in [0.25, 0.3) is 11.1 Å². The van der Waals surface area contributed by atoms with E-state index in [1.807, 2.05) is 36.4 Å². The molecular formula is C27H23FN2O5. The molecule has 3 aromatic carbocycles. The Kier molecular flexibility index (Phi) is 5.72. The lowest BCUT2D eigenvalue weighted by atomic mass is 9.98. The van der Waals surface area contributed by atoms with Crippen molar-refractivity contribution in [1.82, 2.24) is 5.32 Å². The van der Waals surface area contributed by atoms with Crippen LogP contribution in [0.3, 0.4) is 0 Å². The summed E-state index contributed by atoms with van der Waals surface area (Å²) in [5, 5.41) is 14.2. The quantitative estimate of drug-likeness (QED) is 0.457. The summed E-state index contributed by atoms with van der Waals surface area (Å²) in [6.45, 7) is 0.196. The SMILES string of the molecule is O=C(NCC1(C(=O)Nc2cccc(C(=O)O)c2F)CC1)OCC1c2ccccc2-c2ccccc21. The number of hydrogen-bond acceptors (Lipinski definition) is 4. The van der Waals surface area contributed by atoms with Crippen LogP contribution in [-0.2, 0) is 9.53 Å². The monoisotopic (exact) mass is 474 g/mol. The third-order valence-corrected chi connectivity index (χ3v) is 6.73. The second-order valence-corrected chi connectivity index (χ2v) is 8.89. The van der Waals surface area contributed by atoms with Gasteiger partial charge < -0.3 is 20.5 Å². The molecule has 2 aliphatic carbocycles. The van der Waals surface area contributed by atoms with Gasteiger partial charge in [-0.1, -0.05) is 54.6 Å². The minimum atomic E-state index is -1.42. The van der Waals surface area contributed by atoms with E-state index in [0.29, 0.717) is 12.8 Å². The summed E-state index contributed by atoms with van der Waals surface area (Å²) in [5.41, 5.74) is 2.86. The average molecular weight is 474 g/mol. The molecule has 0 saturated heterocycles. The first kappa shape index (κ1) is 22.6. The third kappa shape index (κ3) is 4.23. The first-order chi connectivity index (χ1) is 16.9. The molecule has 35 heavy (non-hydrogen) atoms. The van der Waals surface area contributed by atoms with Crippen LogP contribution >= 0.6 is 0 Å². The highest BCUT2D eigenvalue weighted by molar-refractivity contribution is 5.99. The number of benzene rings is 3. The predicted octanol–water partition coefficient (Wildman–Crippen LogP) is 4.78. The smallest absolute Gasteiger partial charge is 0.407 e. The van der Waals surface area contributed by atoms with Gasteiger partial charge in [0, 0.05) is 12.5 Å². The van der Waals surface area contributed by atoms with Gasteiger partial charge in [0.25, 0.3) is 0 Å². The molecule has 0 bridgehead atoms. The average Bonchev–Trinajstić information content (AvgIpc) is 3.59. The predicted molar refractivity (Wildman–Crippen MR) is 127 cm³/mol. The minimum Gasteiger partial charge on any atom is -0.478 e. The molecule has 0 aromatic heterocycles. The molecule has 178 valence electrons. The summed E-state index contributed by atoms with van der Waals surface area (Å²) >= 11 is 0. The molecule has 0 unspecified atom stereocenters. The number of halogens is 1. The third-order valence-electron chi connectivity index (χ3n) is 6.73. The number of amides is 2. The molecule has 1 saturated carbocycles. The lowest BCUT2D eigenvalue weighted by molar-refractivity contribution is -0.120. The summed E-state index contributed by atoms with van der Waals surface area (Å²) in [5.74, 6) is -2.97. The fourth-order valence-corrected chi connectivity index (χ4v) is 4.57. The van der Waals surface area contributed by atoms with Crippen molar-refractivity contribution in [3.63, 3.8) is 0 Å². The van der Waals surface area contributed by atoms with Gasteiger partial charge in [-0.3, -0.25) is 4.79 Å². The maximum absolute atomic E-state index is 14.4. The molecule has 0 aliphatic heterocycles. The van der Waals surface area contributed by atoms with Crippen LogP contribution in [0.5, 0.6) is 0 Å². The van der Waals surface area contributed by atoms with E-state index in [1.54, 1.807) is 0 Å². The first-order valence-electron chi connectivity index (χ1n) is 11.3. The fraction of sp³-hybridized carbons (Fsp3) is 0.222. The van der Waals surface area contributed by atoms with E-state index in [0.717, 1.165) is 28.3 Å². The number of hydrogen-bond donors (Lipinski definition) is 3. The van der Waals surface area contributed by atoms with Gasteiger partial charge >= 0.3 is 12.1 Å². The van der Waals surface area contributed by atoms with Crippen LogP contribution in [0.15, 0.2) is 66.7 Å². The Labute approximate surface area is 200 Å². The highest BCUT2D eigenvalue weighted by Gasteiger charge is 2.50. The number of fused-ring (bicyclic) bond motifs is 3. The molecule has 5 rings (SSSR count). The van der Waals surface area contributed by atoms with Crippen LogP contribution in [0, 0.1) is 11.2 Å². The van der Waals surface area contributed by atoms with Gasteiger partial charge in [0.1, 0.15) is 6.61 Å². The molecule has 0 heterocycles. The van der Waals surface area contributed by atoms with Crippen molar-refractivity contribution >= 4 is 23.7 Å². The second-order valence-electron chi connectivity index (χ2n) is 8.89. The zero-order chi connectivity index (χ0) is 24.6. The maximum atomic E-state index is 14.4. The van der Waals surface area contributed by atoms with Crippen molar-refractivity contribution in [2.75, 3.05) is 18.5 Å². The van der Waals surface area contributed by atoms with Gasteiger partial charge in [-0.05, 0) is 47.2 Å². The zero-order valence-corrected chi connectivity index (χ0v) is 18.7. The van der Waals surface area contributed by atoms with Crippen molar-refractivity contribution in [1.29, 1.82) is 0 Å². The van der Waals surface area contributed by atoms with Crippen LogP contribution in [0.1, 0.15) is 40.2 Å². The van der Waals surface area contributed by atoms with Crippen molar-refractivity contribution < 1.29 is 28.6 Å². The normalized spacial score (nSPS) is 15.0. The van der Waals surface area contributed by atoms with Gasteiger partial charge in [-0.15, -0.1) is 0 Å². The van der Waals surface area contributed by atoms with Gasteiger partial charge in [0.15, 0.2) is 5.82 Å². The minimum absolute atomic E-state index is 0.0374. The number of rotatable bonds is 7. The summed E-state index contributed by atoms with van der Waals surface area (Å²) in [6.07, 6.45) is 0.399. The van der Waals surface area contributed by atoms with Crippen molar-refractivity contribution in [2.45, 2.75) is 18.8 Å². The van der Waals surface area contributed by atoms with Crippen LogP contribution < -0.4 is 10.6 Å². The number of carbonyl (C=O) groups excluding carboxylic acids is 2. The Hall–Kier alpha value is -4.20. The number of nitrogens with one attached hydrogen (secondary N) is 2.